The van der Waals surface area contributed by atoms with Crippen molar-refractivity contribution < 1.29 is 9.53 Å². The van der Waals surface area contributed by atoms with Gasteiger partial charge in [0.2, 0.25) is 17.7 Å². The van der Waals surface area contributed by atoms with Gasteiger partial charge in [-0.25, -0.2) is 4.98 Å². The number of likely N-dealkylation sites (N-methyl/N-ethyl adjacent to an activating group) is 1. The zero-order valence-corrected chi connectivity index (χ0v) is 13.9. The van der Waals surface area contributed by atoms with Crippen molar-refractivity contribution in [3.05, 3.63) is 12.3 Å². The lowest BCUT2D eigenvalue weighted by molar-refractivity contribution is -0.131. The quantitative estimate of drug-likeness (QED) is 0.811. The first-order chi connectivity index (χ1) is 11.2. The minimum atomic E-state index is 0.0515. The first-order valence-electron chi connectivity index (χ1n) is 8.39. The van der Waals surface area contributed by atoms with Crippen LogP contribution >= 0.6 is 0 Å². The molecule has 7 nitrogen and oxygen atoms in total. The lowest BCUT2D eigenvalue weighted by Crippen LogP contribution is -2.43. The maximum Gasteiger partial charge on any atom is 0.239 e. The third-order valence-corrected chi connectivity index (χ3v) is 4.56. The summed E-state index contributed by atoms with van der Waals surface area (Å²) in [4.78, 5) is 27.4. The van der Waals surface area contributed by atoms with Gasteiger partial charge in [-0.1, -0.05) is 0 Å². The third-order valence-electron chi connectivity index (χ3n) is 4.56. The second-order valence-corrected chi connectivity index (χ2v) is 6.07. The van der Waals surface area contributed by atoms with Gasteiger partial charge in [0, 0.05) is 52.0 Å². The van der Waals surface area contributed by atoms with Crippen molar-refractivity contribution in [1.29, 1.82) is 0 Å². The van der Waals surface area contributed by atoms with E-state index in [2.05, 4.69) is 19.8 Å². The van der Waals surface area contributed by atoms with Crippen LogP contribution in [0.3, 0.4) is 0 Å². The van der Waals surface area contributed by atoms with Gasteiger partial charge in [-0.15, -0.1) is 0 Å². The summed E-state index contributed by atoms with van der Waals surface area (Å²) < 4.78 is 5.46. The molecule has 7 heteroatoms. The van der Waals surface area contributed by atoms with Gasteiger partial charge in [0.1, 0.15) is 0 Å². The van der Waals surface area contributed by atoms with E-state index in [0.717, 1.165) is 45.6 Å². The Labute approximate surface area is 137 Å². The molecule has 0 bridgehead atoms. The van der Waals surface area contributed by atoms with E-state index in [-0.39, 0.29) is 11.9 Å². The van der Waals surface area contributed by atoms with E-state index < -0.39 is 0 Å². The van der Waals surface area contributed by atoms with Crippen LogP contribution in [-0.4, -0.2) is 78.1 Å². The number of aromatic nitrogens is 2. The number of likely N-dealkylation sites (tertiary alicyclic amines) is 1. The summed E-state index contributed by atoms with van der Waals surface area (Å²) in [5.41, 5.74) is 0. The van der Waals surface area contributed by atoms with E-state index in [1.54, 1.807) is 12.3 Å². The molecule has 3 rings (SSSR count). The summed E-state index contributed by atoms with van der Waals surface area (Å²) in [6.07, 6.45) is 3.69. The summed E-state index contributed by atoms with van der Waals surface area (Å²) >= 11 is 0. The molecule has 3 heterocycles. The highest BCUT2D eigenvalue weighted by Gasteiger charge is 2.34. The zero-order valence-electron chi connectivity index (χ0n) is 13.9. The van der Waals surface area contributed by atoms with Crippen LogP contribution in [0, 0.1) is 0 Å². The highest BCUT2D eigenvalue weighted by Crippen LogP contribution is 2.20. The van der Waals surface area contributed by atoms with Crippen molar-refractivity contribution in [2.75, 3.05) is 51.3 Å². The first-order valence-corrected chi connectivity index (χ1v) is 8.39. The van der Waals surface area contributed by atoms with Crippen LogP contribution in [0.5, 0.6) is 5.88 Å². The van der Waals surface area contributed by atoms with Crippen molar-refractivity contribution in [3.8, 4) is 5.88 Å². The molecule has 2 aliphatic heterocycles. The minimum Gasteiger partial charge on any atom is -0.478 e. The fourth-order valence-corrected chi connectivity index (χ4v) is 3.30. The van der Waals surface area contributed by atoms with Crippen LogP contribution in [0.1, 0.15) is 19.8 Å². The number of rotatable bonds is 4. The third kappa shape index (κ3) is 3.55. The molecule has 0 spiro atoms. The number of amides is 1. The topological polar surface area (TPSA) is 61.8 Å². The maximum atomic E-state index is 12.2. The van der Waals surface area contributed by atoms with Gasteiger partial charge in [0.25, 0.3) is 0 Å². The smallest absolute Gasteiger partial charge is 0.239 e. The van der Waals surface area contributed by atoms with Gasteiger partial charge < -0.3 is 14.5 Å². The summed E-state index contributed by atoms with van der Waals surface area (Å²) in [7, 11) is 1.89. The standard InChI is InChI=1S/C16H25N5O2/c1-3-23-14-5-7-17-16(18-14)21-9-4-8-20(11-12-21)13-6-10-19(2)15(13)22/h5,7,13H,3-4,6,8-12H2,1-2H3. The van der Waals surface area contributed by atoms with Gasteiger partial charge in [0.15, 0.2) is 0 Å². The molecule has 1 aromatic rings. The highest BCUT2D eigenvalue weighted by atomic mass is 16.5. The van der Waals surface area contributed by atoms with Crippen molar-refractivity contribution in [2.24, 2.45) is 0 Å². The van der Waals surface area contributed by atoms with E-state index in [0.29, 0.717) is 18.4 Å². The first kappa shape index (κ1) is 16.0. The Bertz CT molecular complexity index is 553. The second-order valence-electron chi connectivity index (χ2n) is 6.07. The fraction of sp³-hybridized carbons (Fsp3) is 0.688. The second kappa shape index (κ2) is 7.12. The Balaban J connectivity index is 1.64. The summed E-state index contributed by atoms with van der Waals surface area (Å²) in [6.45, 7) is 6.97. The molecule has 126 valence electrons. The van der Waals surface area contributed by atoms with Crippen molar-refractivity contribution in [3.63, 3.8) is 0 Å². The van der Waals surface area contributed by atoms with Gasteiger partial charge >= 0.3 is 0 Å². The van der Waals surface area contributed by atoms with Crippen LogP contribution < -0.4 is 9.64 Å². The van der Waals surface area contributed by atoms with E-state index in [4.69, 9.17) is 4.74 Å². The molecule has 1 aromatic heterocycles. The van der Waals surface area contributed by atoms with Crippen molar-refractivity contribution in [2.45, 2.75) is 25.8 Å². The molecule has 1 amide bonds. The molecule has 1 atom stereocenters. The number of hydrogen-bond acceptors (Lipinski definition) is 6. The molecule has 2 aliphatic rings. The van der Waals surface area contributed by atoms with Crippen LogP contribution in [0.2, 0.25) is 0 Å². The van der Waals surface area contributed by atoms with E-state index in [1.807, 2.05) is 18.9 Å². The predicted octanol–water partition coefficient (Wildman–Crippen LogP) is 0.618. The van der Waals surface area contributed by atoms with Crippen molar-refractivity contribution in [1.82, 2.24) is 19.8 Å². The molecule has 0 aliphatic carbocycles. The monoisotopic (exact) mass is 319 g/mol. The molecule has 2 saturated heterocycles. The largest absolute Gasteiger partial charge is 0.478 e. The summed E-state index contributed by atoms with van der Waals surface area (Å²) in [5, 5.41) is 0. The number of nitrogens with zero attached hydrogens (tertiary/aromatic N) is 5. The number of carbonyl (C=O) groups excluding carboxylic acids is 1. The molecule has 0 saturated carbocycles. The molecule has 0 N–H and O–H groups in total. The lowest BCUT2D eigenvalue weighted by Gasteiger charge is -2.26. The van der Waals surface area contributed by atoms with Crippen molar-refractivity contribution >= 4 is 11.9 Å². The molecular weight excluding hydrogens is 294 g/mol. The Morgan fingerprint density at radius 3 is 2.87 bits per heavy atom. The number of anilines is 1. The molecule has 23 heavy (non-hydrogen) atoms. The summed E-state index contributed by atoms with van der Waals surface area (Å²) in [6, 6.07) is 1.83. The zero-order chi connectivity index (χ0) is 16.2. The predicted molar refractivity (Wildman–Crippen MR) is 87.6 cm³/mol. The Morgan fingerprint density at radius 2 is 2.13 bits per heavy atom. The van der Waals surface area contributed by atoms with E-state index in [9.17, 15) is 4.79 Å². The Kier molecular flexibility index (Phi) is 4.95. The van der Waals surface area contributed by atoms with Crippen LogP contribution in [0.4, 0.5) is 5.95 Å². The Hall–Kier alpha value is -1.89. The average molecular weight is 319 g/mol. The highest BCUT2D eigenvalue weighted by molar-refractivity contribution is 5.83. The minimum absolute atomic E-state index is 0.0515. The molecule has 2 fully saturated rings. The number of carbonyl (C=O) groups is 1. The SMILES string of the molecule is CCOc1ccnc(N2CCCN(C3CCN(C)C3=O)CC2)n1. The molecule has 0 aromatic carbocycles. The van der Waals surface area contributed by atoms with Crippen LogP contribution in [0.25, 0.3) is 0 Å². The fourth-order valence-electron chi connectivity index (χ4n) is 3.30. The molecular formula is C16H25N5O2. The number of ether oxygens (including phenoxy) is 1. The summed E-state index contributed by atoms with van der Waals surface area (Å²) in [5.74, 6) is 1.59. The van der Waals surface area contributed by atoms with Crippen LogP contribution in [-0.2, 0) is 4.79 Å². The lowest BCUT2D eigenvalue weighted by atomic mass is 10.2. The normalized spacial score (nSPS) is 23.2. The van der Waals surface area contributed by atoms with Gasteiger partial charge in [-0.05, 0) is 19.8 Å². The molecule has 1 unspecified atom stereocenters. The van der Waals surface area contributed by atoms with Gasteiger partial charge in [-0.3, -0.25) is 9.69 Å². The maximum absolute atomic E-state index is 12.2. The van der Waals surface area contributed by atoms with E-state index >= 15 is 0 Å². The number of hydrogen-bond donors (Lipinski definition) is 0. The molecule has 0 radical (unpaired) electrons. The van der Waals surface area contributed by atoms with Gasteiger partial charge in [0.05, 0.1) is 12.6 Å². The van der Waals surface area contributed by atoms with Crippen LogP contribution in [0.15, 0.2) is 12.3 Å². The van der Waals surface area contributed by atoms with Gasteiger partial charge in [-0.2, -0.15) is 4.98 Å². The van der Waals surface area contributed by atoms with E-state index in [1.165, 1.54) is 0 Å². The Morgan fingerprint density at radius 1 is 1.26 bits per heavy atom. The average Bonchev–Trinajstić information content (AvgIpc) is 2.78.